The van der Waals surface area contributed by atoms with Gasteiger partial charge in [0.05, 0.1) is 6.10 Å². The molecule has 0 aliphatic rings. The average Bonchev–Trinajstić information content (AvgIpc) is 2.19. The smallest absolute Gasteiger partial charge is 0.0720 e. The number of hydrogen-bond donors (Lipinski definition) is 2. The molecule has 0 fully saturated rings. The number of nitrogens with zero attached hydrogens (tertiary/aromatic N) is 1. The second-order valence-corrected chi connectivity index (χ2v) is 4.80. The molecular formula is C11H17BrN2O. The maximum absolute atomic E-state index is 9.71. The lowest BCUT2D eigenvalue weighted by atomic mass is 10.2. The van der Waals surface area contributed by atoms with Gasteiger partial charge in [0.2, 0.25) is 0 Å². The maximum Gasteiger partial charge on any atom is 0.0720 e. The third-order valence-electron chi connectivity index (χ3n) is 2.00. The summed E-state index contributed by atoms with van der Waals surface area (Å²) in [4.78, 5) is 4.21. The summed E-state index contributed by atoms with van der Waals surface area (Å²) in [5, 5.41) is 12.9. The molecule has 0 aliphatic heterocycles. The summed E-state index contributed by atoms with van der Waals surface area (Å²) < 4.78 is 0.959. The zero-order valence-electron chi connectivity index (χ0n) is 9.07. The van der Waals surface area contributed by atoms with E-state index in [1.165, 1.54) is 0 Å². The molecule has 0 saturated carbocycles. The van der Waals surface area contributed by atoms with Crippen molar-refractivity contribution < 1.29 is 5.11 Å². The predicted molar refractivity (Wildman–Crippen MR) is 64.8 cm³/mol. The molecule has 4 heteroatoms. The predicted octanol–water partition coefficient (Wildman–Crippen LogP) is 1.75. The summed E-state index contributed by atoms with van der Waals surface area (Å²) >= 11 is 3.32. The molecule has 1 heterocycles. The molecule has 1 aromatic heterocycles. The molecule has 0 radical (unpaired) electrons. The molecule has 1 aromatic rings. The van der Waals surface area contributed by atoms with Crippen molar-refractivity contribution in [3.63, 3.8) is 0 Å². The number of aromatic nitrogens is 1. The molecule has 0 saturated heterocycles. The Bertz CT molecular complexity index is 287. The number of hydrogen-bond acceptors (Lipinski definition) is 3. The minimum absolute atomic E-state index is 0.374. The third-order valence-corrected chi connectivity index (χ3v) is 2.46. The van der Waals surface area contributed by atoms with Crippen LogP contribution in [0.15, 0.2) is 22.8 Å². The Balaban J connectivity index is 2.37. The first-order valence-corrected chi connectivity index (χ1v) is 5.89. The summed E-state index contributed by atoms with van der Waals surface area (Å²) in [6.07, 6.45) is 1.96. The minimum atomic E-state index is -0.374. The topological polar surface area (TPSA) is 45.1 Å². The highest BCUT2D eigenvalue weighted by Crippen LogP contribution is 2.08. The van der Waals surface area contributed by atoms with Crippen LogP contribution in [0.5, 0.6) is 0 Å². The molecule has 1 rings (SSSR count). The fourth-order valence-electron chi connectivity index (χ4n) is 1.21. The third kappa shape index (κ3) is 5.25. The van der Waals surface area contributed by atoms with Gasteiger partial charge in [0.15, 0.2) is 0 Å². The molecule has 0 amide bonds. The van der Waals surface area contributed by atoms with Crippen molar-refractivity contribution in [1.29, 1.82) is 0 Å². The Labute approximate surface area is 99.1 Å². The van der Waals surface area contributed by atoms with Crippen molar-refractivity contribution in [3.8, 4) is 0 Å². The Morgan fingerprint density at radius 2 is 2.20 bits per heavy atom. The van der Waals surface area contributed by atoms with Gasteiger partial charge in [0, 0.05) is 35.4 Å². The molecule has 2 N–H and O–H groups in total. The molecule has 1 atom stereocenters. The Kier molecular flexibility index (Phi) is 5.22. The van der Waals surface area contributed by atoms with Crippen LogP contribution in [0.2, 0.25) is 0 Å². The highest BCUT2D eigenvalue weighted by Gasteiger charge is 2.06. The van der Waals surface area contributed by atoms with Crippen LogP contribution in [0.4, 0.5) is 0 Å². The van der Waals surface area contributed by atoms with Crippen LogP contribution < -0.4 is 5.32 Å². The van der Waals surface area contributed by atoms with Gasteiger partial charge in [-0.05, 0) is 28.1 Å². The van der Waals surface area contributed by atoms with Crippen molar-refractivity contribution in [2.45, 2.75) is 32.4 Å². The zero-order valence-corrected chi connectivity index (χ0v) is 10.7. The Morgan fingerprint density at radius 3 is 2.73 bits per heavy atom. The van der Waals surface area contributed by atoms with Crippen molar-refractivity contribution in [3.05, 3.63) is 28.5 Å². The maximum atomic E-state index is 9.71. The van der Waals surface area contributed by atoms with Crippen molar-refractivity contribution >= 4 is 15.9 Å². The summed E-state index contributed by atoms with van der Waals surface area (Å²) in [6, 6.07) is 4.26. The highest BCUT2D eigenvalue weighted by molar-refractivity contribution is 9.10. The van der Waals surface area contributed by atoms with Gasteiger partial charge in [-0.1, -0.05) is 13.8 Å². The van der Waals surface area contributed by atoms with Gasteiger partial charge >= 0.3 is 0 Å². The van der Waals surface area contributed by atoms with Crippen LogP contribution in [0.1, 0.15) is 19.5 Å². The number of halogens is 1. The molecule has 1 unspecified atom stereocenters. The van der Waals surface area contributed by atoms with E-state index in [9.17, 15) is 5.11 Å². The van der Waals surface area contributed by atoms with Crippen LogP contribution in [-0.2, 0) is 6.42 Å². The van der Waals surface area contributed by atoms with E-state index < -0.39 is 0 Å². The highest BCUT2D eigenvalue weighted by atomic mass is 79.9. The second-order valence-electron chi connectivity index (χ2n) is 3.89. The molecule has 0 spiro atoms. The molecular weight excluding hydrogens is 256 g/mol. The van der Waals surface area contributed by atoms with Gasteiger partial charge in [-0.15, -0.1) is 0 Å². The van der Waals surface area contributed by atoms with Gasteiger partial charge in [-0.25, -0.2) is 0 Å². The van der Waals surface area contributed by atoms with E-state index in [1.807, 2.05) is 12.1 Å². The minimum Gasteiger partial charge on any atom is -0.391 e. The average molecular weight is 273 g/mol. The lowest BCUT2D eigenvalue weighted by Gasteiger charge is -2.13. The van der Waals surface area contributed by atoms with Gasteiger partial charge in [0.1, 0.15) is 0 Å². The molecule has 3 nitrogen and oxygen atoms in total. The lowest BCUT2D eigenvalue weighted by molar-refractivity contribution is 0.168. The van der Waals surface area contributed by atoms with Crippen molar-refractivity contribution in [2.75, 3.05) is 6.54 Å². The van der Waals surface area contributed by atoms with Gasteiger partial charge in [-0.3, -0.25) is 4.98 Å². The SMILES string of the molecule is CC(C)NCC(O)Cc1ccc(Br)cn1. The molecule has 0 bridgehead atoms. The molecule has 15 heavy (non-hydrogen) atoms. The van der Waals surface area contributed by atoms with Crippen LogP contribution in [0.25, 0.3) is 0 Å². The first-order chi connectivity index (χ1) is 7.08. The monoisotopic (exact) mass is 272 g/mol. The van der Waals surface area contributed by atoms with Gasteiger partial charge in [-0.2, -0.15) is 0 Å². The largest absolute Gasteiger partial charge is 0.391 e. The van der Waals surface area contributed by atoms with Crippen molar-refractivity contribution in [2.24, 2.45) is 0 Å². The van der Waals surface area contributed by atoms with E-state index in [1.54, 1.807) is 6.20 Å². The van der Waals surface area contributed by atoms with Crippen LogP contribution in [0.3, 0.4) is 0 Å². The number of aliphatic hydroxyl groups excluding tert-OH is 1. The molecule has 84 valence electrons. The standard InChI is InChI=1S/C11H17BrN2O/c1-8(2)13-7-11(15)5-10-4-3-9(12)6-14-10/h3-4,6,8,11,13,15H,5,7H2,1-2H3. The van der Waals surface area contributed by atoms with Crippen molar-refractivity contribution in [1.82, 2.24) is 10.3 Å². The van der Waals surface area contributed by atoms with E-state index in [0.29, 0.717) is 19.0 Å². The van der Waals surface area contributed by atoms with Gasteiger partial charge < -0.3 is 10.4 Å². The van der Waals surface area contributed by atoms with E-state index in [4.69, 9.17) is 0 Å². The normalized spacial score (nSPS) is 13.1. The number of pyridine rings is 1. The fourth-order valence-corrected chi connectivity index (χ4v) is 1.45. The first-order valence-electron chi connectivity index (χ1n) is 5.10. The molecule has 0 aromatic carbocycles. The Hall–Kier alpha value is -0.450. The van der Waals surface area contributed by atoms with Crippen LogP contribution >= 0.6 is 15.9 Å². The summed E-state index contributed by atoms with van der Waals surface area (Å²) in [6.45, 7) is 4.73. The summed E-state index contributed by atoms with van der Waals surface area (Å²) in [5.41, 5.74) is 0.913. The second kappa shape index (κ2) is 6.20. The summed E-state index contributed by atoms with van der Waals surface area (Å²) in [5.74, 6) is 0. The van der Waals surface area contributed by atoms with E-state index >= 15 is 0 Å². The van der Waals surface area contributed by atoms with Crippen LogP contribution in [-0.4, -0.2) is 28.8 Å². The quantitative estimate of drug-likeness (QED) is 0.859. The fraction of sp³-hybridized carbons (Fsp3) is 0.545. The lowest BCUT2D eigenvalue weighted by Crippen LogP contribution is -2.33. The number of nitrogens with one attached hydrogen (secondary N) is 1. The van der Waals surface area contributed by atoms with Gasteiger partial charge in [0.25, 0.3) is 0 Å². The van der Waals surface area contributed by atoms with E-state index in [2.05, 4.69) is 40.1 Å². The first kappa shape index (κ1) is 12.6. The van der Waals surface area contributed by atoms with Crippen LogP contribution in [0, 0.1) is 0 Å². The van der Waals surface area contributed by atoms with E-state index in [0.717, 1.165) is 10.2 Å². The number of rotatable bonds is 5. The Morgan fingerprint density at radius 1 is 1.47 bits per heavy atom. The zero-order chi connectivity index (χ0) is 11.3. The van der Waals surface area contributed by atoms with E-state index in [-0.39, 0.29) is 6.10 Å². The molecule has 0 aliphatic carbocycles. The number of aliphatic hydroxyl groups is 1. The summed E-state index contributed by atoms with van der Waals surface area (Å²) in [7, 11) is 0.